The number of nitrogens with one attached hydrogen (secondary N) is 1. The van der Waals surface area contributed by atoms with E-state index in [4.69, 9.17) is 4.42 Å². The Hall–Kier alpha value is -2.15. The van der Waals surface area contributed by atoms with Crippen molar-refractivity contribution in [3.05, 3.63) is 69.8 Å². The van der Waals surface area contributed by atoms with Crippen molar-refractivity contribution in [2.24, 2.45) is 0 Å². The van der Waals surface area contributed by atoms with E-state index in [1.165, 1.54) is 5.56 Å². The van der Waals surface area contributed by atoms with E-state index in [1.807, 2.05) is 36.4 Å². The summed E-state index contributed by atoms with van der Waals surface area (Å²) in [6, 6.07) is 16.0. The molecule has 0 saturated heterocycles. The smallest absolute Gasteiger partial charge is 0.224 e. The monoisotopic (exact) mass is 460 g/mol. The van der Waals surface area contributed by atoms with Crippen LogP contribution in [-0.4, -0.2) is 10.9 Å². The van der Waals surface area contributed by atoms with Crippen molar-refractivity contribution in [3.8, 4) is 11.3 Å². The Balaban J connectivity index is 1.58. The Kier molecular flexibility index (Phi) is 6.08. The quantitative estimate of drug-likeness (QED) is 0.485. The third kappa shape index (κ3) is 4.72. The Labute approximate surface area is 167 Å². The van der Waals surface area contributed by atoms with Crippen molar-refractivity contribution in [1.82, 2.24) is 4.98 Å². The van der Waals surface area contributed by atoms with Gasteiger partial charge in [0, 0.05) is 22.0 Å². The van der Waals surface area contributed by atoms with E-state index in [2.05, 4.69) is 58.9 Å². The maximum atomic E-state index is 12.1. The first-order valence-electron chi connectivity index (χ1n) is 8.62. The molecule has 0 atom stereocenters. The summed E-state index contributed by atoms with van der Waals surface area (Å²) in [7, 11) is 0. The Bertz CT molecular complexity index is 885. The van der Waals surface area contributed by atoms with Gasteiger partial charge < -0.3 is 9.73 Å². The standard InChI is InChI=1S/C21H21IN2O2/c1-14(2)15-7-9-16(10-8-15)19-13-23-21(26-19)12-11-20(25)24-18-6-4-3-5-17(18)22/h3-10,13-14H,11-12H2,1-2H3,(H,24,25). The number of para-hydroxylation sites is 1. The lowest BCUT2D eigenvalue weighted by Gasteiger charge is -2.06. The van der Waals surface area contributed by atoms with Crippen LogP contribution in [0.4, 0.5) is 5.69 Å². The Morgan fingerprint density at radius 1 is 1.15 bits per heavy atom. The highest BCUT2D eigenvalue weighted by atomic mass is 127. The van der Waals surface area contributed by atoms with Gasteiger partial charge in [-0.3, -0.25) is 4.79 Å². The highest BCUT2D eigenvalue weighted by Crippen LogP contribution is 2.24. The van der Waals surface area contributed by atoms with Crippen molar-refractivity contribution in [2.75, 3.05) is 5.32 Å². The zero-order valence-electron chi connectivity index (χ0n) is 14.8. The van der Waals surface area contributed by atoms with Crippen LogP contribution in [0.25, 0.3) is 11.3 Å². The van der Waals surface area contributed by atoms with Crippen LogP contribution < -0.4 is 5.32 Å². The van der Waals surface area contributed by atoms with Crippen molar-refractivity contribution < 1.29 is 9.21 Å². The molecule has 5 heteroatoms. The van der Waals surface area contributed by atoms with Crippen LogP contribution in [0, 0.1) is 3.57 Å². The molecule has 134 valence electrons. The summed E-state index contributed by atoms with van der Waals surface area (Å²) in [6.45, 7) is 4.34. The van der Waals surface area contributed by atoms with Gasteiger partial charge >= 0.3 is 0 Å². The topological polar surface area (TPSA) is 55.1 Å². The number of aryl methyl sites for hydroxylation is 1. The number of carbonyl (C=O) groups excluding carboxylic acids is 1. The molecule has 1 aromatic heterocycles. The minimum atomic E-state index is -0.0462. The number of rotatable bonds is 6. The molecule has 0 radical (unpaired) electrons. The molecule has 0 aliphatic heterocycles. The number of amides is 1. The molecule has 3 aromatic rings. The Morgan fingerprint density at radius 2 is 1.88 bits per heavy atom. The van der Waals surface area contributed by atoms with Crippen molar-refractivity contribution in [2.45, 2.75) is 32.6 Å². The number of benzene rings is 2. The summed E-state index contributed by atoms with van der Waals surface area (Å²) >= 11 is 2.20. The number of hydrogen-bond acceptors (Lipinski definition) is 3. The predicted molar refractivity (Wildman–Crippen MR) is 112 cm³/mol. The van der Waals surface area contributed by atoms with E-state index in [0.717, 1.165) is 20.6 Å². The SMILES string of the molecule is CC(C)c1ccc(-c2cnc(CCC(=O)Nc3ccccc3I)o2)cc1. The van der Waals surface area contributed by atoms with Gasteiger partial charge in [0.1, 0.15) is 0 Å². The van der Waals surface area contributed by atoms with Gasteiger partial charge in [0.2, 0.25) is 5.91 Å². The van der Waals surface area contributed by atoms with Crippen molar-refractivity contribution in [1.29, 1.82) is 0 Å². The molecule has 1 heterocycles. The predicted octanol–water partition coefficient (Wildman–Crippen LogP) is 5.64. The zero-order valence-corrected chi connectivity index (χ0v) is 17.0. The number of oxazole rings is 1. The van der Waals surface area contributed by atoms with Crippen molar-refractivity contribution >= 4 is 34.2 Å². The van der Waals surface area contributed by atoms with Crippen LogP contribution in [0.3, 0.4) is 0 Å². The number of halogens is 1. The molecule has 4 nitrogen and oxygen atoms in total. The van der Waals surface area contributed by atoms with Crippen LogP contribution >= 0.6 is 22.6 Å². The summed E-state index contributed by atoms with van der Waals surface area (Å²) in [6.07, 6.45) is 2.52. The fourth-order valence-corrected chi connectivity index (χ4v) is 3.11. The van der Waals surface area contributed by atoms with E-state index in [9.17, 15) is 4.79 Å². The molecule has 0 bridgehead atoms. The van der Waals surface area contributed by atoms with Crippen LogP contribution in [0.15, 0.2) is 59.1 Å². The lowest BCUT2D eigenvalue weighted by Crippen LogP contribution is -2.13. The van der Waals surface area contributed by atoms with Gasteiger partial charge in [-0.2, -0.15) is 0 Å². The molecule has 0 unspecified atom stereocenters. The van der Waals surface area contributed by atoms with Crippen LogP contribution in [0.5, 0.6) is 0 Å². The molecule has 1 amide bonds. The van der Waals surface area contributed by atoms with Gasteiger partial charge in [-0.25, -0.2) is 4.98 Å². The lowest BCUT2D eigenvalue weighted by atomic mass is 10.0. The average molecular weight is 460 g/mol. The summed E-state index contributed by atoms with van der Waals surface area (Å²) in [4.78, 5) is 16.4. The van der Waals surface area contributed by atoms with E-state index in [-0.39, 0.29) is 5.91 Å². The fraction of sp³-hybridized carbons (Fsp3) is 0.238. The molecule has 26 heavy (non-hydrogen) atoms. The molecule has 0 spiro atoms. The van der Waals surface area contributed by atoms with Crippen molar-refractivity contribution in [3.63, 3.8) is 0 Å². The van der Waals surface area contributed by atoms with E-state index < -0.39 is 0 Å². The molecule has 0 fully saturated rings. The van der Waals surface area contributed by atoms with Gasteiger partial charge in [-0.1, -0.05) is 50.2 Å². The minimum Gasteiger partial charge on any atom is -0.441 e. The third-order valence-electron chi connectivity index (χ3n) is 4.13. The normalized spacial score (nSPS) is 10.9. The third-order valence-corrected chi connectivity index (χ3v) is 5.07. The average Bonchev–Trinajstić information content (AvgIpc) is 3.11. The second-order valence-corrected chi connectivity index (χ2v) is 7.59. The van der Waals surface area contributed by atoms with Gasteiger partial charge in [-0.05, 0) is 46.2 Å². The first-order valence-corrected chi connectivity index (χ1v) is 9.70. The second-order valence-electron chi connectivity index (χ2n) is 6.42. The highest BCUT2D eigenvalue weighted by molar-refractivity contribution is 14.1. The maximum Gasteiger partial charge on any atom is 0.224 e. The summed E-state index contributed by atoms with van der Waals surface area (Å²) < 4.78 is 6.82. The van der Waals surface area contributed by atoms with E-state index >= 15 is 0 Å². The molecular formula is C21H21IN2O2. The molecule has 2 aromatic carbocycles. The van der Waals surface area contributed by atoms with Gasteiger partial charge in [-0.15, -0.1) is 0 Å². The van der Waals surface area contributed by atoms with Gasteiger partial charge in [0.05, 0.1) is 11.9 Å². The van der Waals surface area contributed by atoms with Crippen LogP contribution in [0.2, 0.25) is 0 Å². The molecule has 0 aliphatic rings. The lowest BCUT2D eigenvalue weighted by molar-refractivity contribution is -0.116. The molecule has 1 N–H and O–H groups in total. The van der Waals surface area contributed by atoms with E-state index in [1.54, 1.807) is 6.20 Å². The summed E-state index contributed by atoms with van der Waals surface area (Å²) in [5, 5.41) is 2.92. The van der Waals surface area contributed by atoms with Crippen LogP contribution in [0.1, 0.15) is 37.6 Å². The largest absolute Gasteiger partial charge is 0.441 e. The summed E-state index contributed by atoms with van der Waals surface area (Å²) in [5.41, 5.74) is 3.12. The number of carbonyl (C=O) groups is 1. The molecule has 0 aliphatic carbocycles. The Morgan fingerprint density at radius 3 is 2.58 bits per heavy atom. The van der Waals surface area contributed by atoms with E-state index in [0.29, 0.717) is 24.7 Å². The summed E-state index contributed by atoms with van der Waals surface area (Å²) in [5.74, 6) is 1.76. The molecule has 3 rings (SSSR count). The maximum absolute atomic E-state index is 12.1. The second kappa shape index (κ2) is 8.49. The number of anilines is 1. The molecular weight excluding hydrogens is 439 g/mol. The van der Waals surface area contributed by atoms with Gasteiger partial charge in [0.15, 0.2) is 11.7 Å². The number of hydrogen-bond donors (Lipinski definition) is 1. The molecule has 0 saturated carbocycles. The van der Waals surface area contributed by atoms with Gasteiger partial charge in [0.25, 0.3) is 0 Å². The zero-order chi connectivity index (χ0) is 18.5. The minimum absolute atomic E-state index is 0.0462. The fourth-order valence-electron chi connectivity index (χ4n) is 2.59. The van der Waals surface area contributed by atoms with Crippen LogP contribution in [-0.2, 0) is 11.2 Å². The first kappa shape index (κ1) is 18.6. The number of nitrogens with zero attached hydrogens (tertiary/aromatic N) is 1. The first-order chi connectivity index (χ1) is 12.5. The number of aromatic nitrogens is 1. The highest BCUT2D eigenvalue weighted by Gasteiger charge is 2.10.